The number of aromatic nitrogens is 2. The van der Waals surface area contributed by atoms with Gasteiger partial charge in [-0.3, -0.25) is 4.90 Å². The minimum Gasteiger partial charge on any atom is -0.338 e. The molecule has 0 amide bonds. The van der Waals surface area contributed by atoms with Crippen molar-refractivity contribution in [2.45, 2.75) is 31.7 Å². The summed E-state index contributed by atoms with van der Waals surface area (Å²) in [6, 6.07) is 8.90. The molecule has 1 saturated heterocycles. The summed E-state index contributed by atoms with van der Waals surface area (Å²) in [5.41, 5.74) is 2.57. The summed E-state index contributed by atoms with van der Waals surface area (Å²) in [5.74, 6) is 0.479. The molecular formula is C17H24N4O3S. The van der Waals surface area contributed by atoms with Crippen molar-refractivity contribution in [3.63, 3.8) is 0 Å². The summed E-state index contributed by atoms with van der Waals surface area (Å²) in [4.78, 5) is 6.51. The third-order valence-corrected chi connectivity index (χ3v) is 5.15. The van der Waals surface area contributed by atoms with E-state index in [1.54, 1.807) is 0 Å². The first-order chi connectivity index (χ1) is 11.9. The SMILES string of the molecule is CCc1ccc(C2CNCCN2Cc2nc(CS(C)(=O)=O)no2)cc1. The standard InChI is InChI=1S/C17H24N4O3S/c1-3-13-4-6-14(7-5-13)15-10-18-8-9-21(15)11-17-19-16(20-24-17)12-25(2,22)23/h4-7,15,18H,3,8-12H2,1-2H3. The largest absolute Gasteiger partial charge is 0.338 e. The monoisotopic (exact) mass is 364 g/mol. The highest BCUT2D eigenvalue weighted by molar-refractivity contribution is 7.89. The molecule has 1 aromatic heterocycles. The van der Waals surface area contributed by atoms with Crippen LogP contribution in [0.2, 0.25) is 0 Å². The first kappa shape index (κ1) is 18.0. The number of hydrogen-bond acceptors (Lipinski definition) is 7. The van der Waals surface area contributed by atoms with Crippen molar-refractivity contribution in [3.05, 3.63) is 47.1 Å². The van der Waals surface area contributed by atoms with Crippen LogP contribution in [0.1, 0.15) is 35.8 Å². The smallest absolute Gasteiger partial charge is 0.240 e. The van der Waals surface area contributed by atoms with E-state index in [0.717, 1.165) is 32.3 Å². The summed E-state index contributed by atoms with van der Waals surface area (Å²) in [7, 11) is -3.17. The molecule has 0 aliphatic carbocycles. The summed E-state index contributed by atoms with van der Waals surface area (Å²) in [6.07, 6.45) is 2.19. The molecule has 0 spiro atoms. The maximum Gasteiger partial charge on any atom is 0.240 e. The Hall–Kier alpha value is -1.77. The maximum atomic E-state index is 11.3. The molecule has 8 heteroatoms. The summed E-state index contributed by atoms with van der Waals surface area (Å²) >= 11 is 0. The summed E-state index contributed by atoms with van der Waals surface area (Å²) in [5, 5.41) is 7.21. The van der Waals surface area contributed by atoms with Crippen LogP contribution in [-0.2, 0) is 28.6 Å². The number of hydrogen-bond donors (Lipinski definition) is 1. The van der Waals surface area contributed by atoms with Crippen molar-refractivity contribution in [1.29, 1.82) is 0 Å². The maximum absolute atomic E-state index is 11.3. The van der Waals surface area contributed by atoms with Gasteiger partial charge in [-0.15, -0.1) is 0 Å². The van der Waals surface area contributed by atoms with E-state index in [1.807, 2.05) is 0 Å². The Labute approximate surface area is 148 Å². The zero-order valence-electron chi connectivity index (χ0n) is 14.6. The quantitative estimate of drug-likeness (QED) is 0.827. The Bertz CT molecular complexity index is 802. The number of sulfone groups is 1. The fraction of sp³-hybridized carbons (Fsp3) is 0.529. The number of nitrogens with one attached hydrogen (secondary N) is 1. The van der Waals surface area contributed by atoms with E-state index < -0.39 is 9.84 Å². The van der Waals surface area contributed by atoms with Gasteiger partial charge in [0.2, 0.25) is 5.89 Å². The molecule has 1 aliphatic rings. The Kier molecular flexibility index (Phi) is 5.51. The fourth-order valence-electron chi connectivity index (χ4n) is 3.06. The van der Waals surface area contributed by atoms with E-state index in [4.69, 9.17) is 4.52 Å². The third-order valence-electron chi connectivity index (χ3n) is 4.37. The van der Waals surface area contributed by atoms with Crippen molar-refractivity contribution in [2.75, 3.05) is 25.9 Å². The van der Waals surface area contributed by atoms with Gasteiger partial charge in [0.05, 0.1) is 6.54 Å². The van der Waals surface area contributed by atoms with E-state index in [9.17, 15) is 8.42 Å². The molecule has 1 N–H and O–H groups in total. The molecule has 1 unspecified atom stereocenters. The number of benzene rings is 1. The van der Waals surface area contributed by atoms with Gasteiger partial charge >= 0.3 is 0 Å². The molecule has 2 heterocycles. The zero-order valence-corrected chi connectivity index (χ0v) is 15.4. The third kappa shape index (κ3) is 4.87. The summed E-state index contributed by atoms with van der Waals surface area (Å²) < 4.78 is 27.9. The molecule has 0 radical (unpaired) electrons. The van der Waals surface area contributed by atoms with Gasteiger partial charge < -0.3 is 9.84 Å². The second-order valence-electron chi connectivity index (χ2n) is 6.46. The van der Waals surface area contributed by atoms with E-state index in [1.165, 1.54) is 11.1 Å². The second kappa shape index (κ2) is 7.63. The highest BCUT2D eigenvalue weighted by atomic mass is 32.2. The number of piperazine rings is 1. The molecule has 0 saturated carbocycles. The van der Waals surface area contributed by atoms with Crippen LogP contribution in [0.15, 0.2) is 28.8 Å². The van der Waals surface area contributed by atoms with Crippen molar-refractivity contribution in [2.24, 2.45) is 0 Å². The molecule has 1 aliphatic heterocycles. The van der Waals surface area contributed by atoms with Gasteiger partial charge in [0.1, 0.15) is 5.75 Å². The van der Waals surface area contributed by atoms with Gasteiger partial charge in [0.25, 0.3) is 0 Å². The van der Waals surface area contributed by atoms with Crippen molar-refractivity contribution in [1.82, 2.24) is 20.4 Å². The molecule has 1 atom stereocenters. The molecule has 0 bridgehead atoms. The second-order valence-corrected chi connectivity index (χ2v) is 8.60. The lowest BCUT2D eigenvalue weighted by Crippen LogP contribution is -2.45. The predicted molar refractivity (Wildman–Crippen MR) is 94.7 cm³/mol. The van der Waals surface area contributed by atoms with Crippen LogP contribution < -0.4 is 5.32 Å². The topological polar surface area (TPSA) is 88.3 Å². The average molecular weight is 364 g/mol. The van der Waals surface area contributed by atoms with Crippen LogP contribution >= 0.6 is 0 Å². The first-order valence-electron chi connectivity index (χ1n) is 8.47. The predicted octanol–water partition coefficient (Wildman–Crippen LogP) is 1.32. The Morgan fingerprint density at radius 3 is 2.76 bits per heavy atom. The minimum absolute atomic E-state index is 0.194. The average Bonchev–Trinajstić information content (AvgIpc) is 3.00. The molecule has 7 nitrogen and oxygen atoms in total. The normalized spacial score (nSPS) is 19.2. The van der Waals surface area contributed by atoms with Gasteiger partial charge in [0, 0.05) is 31.9 Å². The summed E-state index contributed by atoms with van der Waals surface area (Å²) in [6.45, 7) is 5.28. The van der Waals surface area contributed by atoms with Crippen molar-refractivity contribution >= 4 is 9.84 Å². The van der Waals surface area contributed by atoms with Crippen LogP contribution in [0.4, 0.5) is 0 Å². The van der Waals surface area contributed by atoms with Gasteiger partial charge in [-0.2, -0.15) is 4.98 Å². The van der Waals surface area contributed by atoms with Crippen molar-refractivity contribution in [3.8, 4) is 0 Å². The lowest BCUT2D eigenvalue weighted by molar-refractivity contribution is 0.135. The lowest BCUT2D eigenvalue weighted by Gasteiger charge is -2.35. The molecule has 25 heavy (non-hydrogen) atoms. The Morgan fingerprint density at radius 2 is 2.08 bits per heavy atom. The zero-order chi connectivity index (χ0) is 17.9. The number of nitrogens with zero attached hydrogens (tertiary/aromatic N) is 3. The highest BCUT2D eigenvalue weighted by Crippen LogP contribution is 2.24. The molecular weight excluding hydrogens is 340 g/mol. The number of rotatable bonds is 6. The fourth-order valence-corrected chi connectivity index (χ4v) is 3.65. The van der Waals surface area contributed by atoms with Gasteiger partial charge in [-0.1, -0.05) is 36.3 Å². The Balaban J connectivity index is 1.72. The van der Waals surface area contributed by atoms with Crippen LogP contribution in [0.25, 0.3) is 0 Å². The van der Waals surface area contributed by atoms with Crippen LogP contribution in [-0.4, -0.2) is 49.3 Å². The highest BCUT2D eigenvalue weighted by Gasteiger charge is 2.25. The van der Waals surface area contributed by atoms with E-state index >= 15 is 0 Å². The first-order valence-corrected chi connectivity index (χ1v) is 10.5. The van der Waals surface area contributed by atoms with Gasteiger partial charge in [-0.05, 0) is 17.5 Å². The van der Waals surface area contributed by atoms with E-state index in [0.29, 0.717) is 12.4 Å². The van der Waals surface area contributed by atoms with Gasteiger partial charge in [0.15, 0.2) is 15.7 Å². The molecule has 136 valence electrons. The minimum atomic E-state index is -3.17. The lowest BCUT2D eigenvalue weighted by atomic mass is 10.0. The molecule has 3 rings (SSSR count). The van der Waals surface area contributed by atoms with Crippen LogP contribution in [0.3, 0.4) is 0 Å². The molecule has 1 aromatic carbocycles. The van der Waals surface area contributed by atoms with Crippen LogP contribution in [0, 0.1) is 0 Å². The Morgan fingerprint density at radius 1 is 1.32 bits per heavy atom. The van der Waals surface area contributed by atoms with Crippen molar-refractivity contribution < 1.29 is 12.9 Å². The molecule has 2 aromatic rings. The van der Waals surface area contributed by atoms with E-state index in [2.05, 4.69) is 51.5 Å². The van der Waals surface area contributed by atoms with Crippen LogP contribution in [0.5, 0.6) is 0 Å². The number of aryl methyl sites for hydroxylation is 1. The van der Waals surface area contributed by atoms with Gasteiger partial charge in [-0.25, -0.2) is 8.42 Å². The van der Waals surface area contributed by atoms with E-state index in [-0.39, 0.29) is 17.6 Å². The molecule has 1 fully saturated rings.